The molecule has 0 radical (unpaired) electrons. The van der Waals surface area contributed by atoms with Gasteiger partial charge in [0.25, 0.3) is 5.19 Å². The molecular formula is C24H31N3O2S. The molecule has 1 fully saturated rings. The number of benzene rings is 2. The third kappa shape index (κ3) is 4.94. The Morgan fingerprint density at radius 3 is 2.60 bits per heavy atom. The number of aryl methyl sites for hydroxylation is 1. The molecule has 2 heterocycles. The summed E-state index contributed by atoms with van der Waals surface area (Å²) >= 11 is 1.55. The van der Waals surface area contributed by atoms with E-state index >= 15 is 0 Å². The summed E-state index contributed by atoms with van der Waals surface area (Å²) in [6, 6.07) is 15.0. The van der Waals surface area contributed by atoms with Gasteiger partial charge in [-0.2, -0.15) is 0 Å². The van der Waals surface area contributed by atoms with Crippen molar-refractivity contribution in [1.29, 1.82) is 0 Å². The van der Waals surface area contributed by atoms with Crippen LogP contribution in [-0.4, -0.2) is 61.2 Å². The van der Waals surface area contributed by atoms with Gasteiger partial charge in [0.05, 0.1) is 17.3 Å². The second-order valence-electron chi connectivity index (χ2n) is 7.97. The molecule has 5 nitrogen and oxygen atoms in total. The highest BCUT2D eigenvalue weighted by atomic mass is 32.1. The Labute approximate surface area is 183 Å². The topological polar surface area (TPSA) is 37.8 Å². The Morgan fingerprint density at radius 1 is 1.07 bits per heavy atom. The Kier molecular flexibility index (Phi) is 6.87. The van der Waals surface area contributed by atoms with Gasteiger partial charge in [-0.15, -0.1) is 0 Å². The first-order valence-corrected chi connectivity index (χ1v) is 11.6. The van der Waals surface area contributed by atoms with E-state index in [2.05, 4.69) is 47.0 Å². The lowest BCUT2D eigenvalue weighted by Crippen LogP contribution is -2.48. The molecule has 3 aromatic rings. The highest BCUT2D eigenvalue weighted by Crippen LogP contribution is 2.36. The molecule has 1 saturated heterocycles. The smallest absolute Gasteiger partial charge is 0.279 e. The van der Waals surface area contributed by atoms with Crippen LogP contribution in [0.4, 0.5) is 0 Å². The molecule has 160 valence electrons. The average Bonchev–Trinajstić information content (AvgIpc) is 3.18. The zero-order valence-corrected chi connectivity index (χ0v) is 19.0. The Hall–Kier alpha value is -2.15. The lowest BCUT2D eigenvalue weighted by Gasteiger charge is -2.37. The van der Waals surface area contributed by atoms with Gasteiger partial charge in [0.2, 0.25) is 0 Å². The standard InChI is InChI=1S/C24H31N3O2S/c1-4-19(27-15-13-26(2)14-16-27)11-9-18-10-12-21(22(17-18)28-3)29-24-25-20-7-5-6-8-23(20)30-24/h5-8,10,12,17,19H,4,9,11,13-16H2,1-3H3. The fourth-order valence-corrected chi connectivity index (χ4v) is 4.93. The number of para-hydroxylation sites is 1. The number of aromatic nitrogens is 1. The number of nitrogens with zero attached hydrogens (tertiary/aromatic N) is 3. The van der Waals surface area contributed by atoms with E-state index in [9.17, 15) is 0 Å². The summed E-state index contributed by atoms with van der Waals surface area (Å²) in [5, 5.41) is 0.642. The highest BCUT2D eigenvalue weighted by molar-refractivity contribution is 7.20. The fourth-order valence-electron chi connectivity index (χ4n) is 4.11. The molecule has 1 aliphatic heterocycles. The SMILES string of the molecule is CCC(CCc1ccc(Oc2nc3ccccc3s2)c(OC)c1)N1CCN(C)CC1. The van der Waals surface area contributed by atoms with Crippen molar-refractivity contribution in [3.8, 4) is 16.7 Å². The number of fused-ring (bicyclic) bond motifs is 1. The average molecular weight is 426 g/mol. The van der Waals surface area contributed by atoms with Gasteiger partial charge in [-0.05, 0) is 56.1 Å². The molecule has 0 aliphatic carbocycles. The number of likely N-dealkylation sites (N-methyl/N-ethyl adjacent to an activating group) is 1. The van der Waals surface area contributed by atoms with E-state index in [0.717, 1.165) is 22.4 Å². The van der Waals surface area contributed by atoms with Crippen LogP contribution < -0.4 is 9.47 Å². The zero-order chi connectivity index (χ0) is 20.9. The second kappa shape index (κ2) is 9.77. The number of hydrogen-bond donors (Lipinski definition) is 0. The largest absolute Gasteiger partial charge is 0.493 e. The molecule has 2 aromatic carbocycles. The van der Waals surface area contributed by atoms with E-state index in [0.29, 0.717) is 17.0 Å². The van der Waals surface area contributed by atoms with Crippen LogP contribution in [0.15, 0.2) is 42.5 Å². The van der Waals surface area contributed by atoms with Crippen molar-refractivity contribution in [2.45, 2.75) is 32.2 Å². The molecule has 0 N–H and O–H groups in total. The van der Waals surface area contributed by atoms with Crippen molar-refractivity contribution in [3.05, 3.63) is 48.0 Å². The third-order valence-electron chi connectivity index (χ3n) is 5.99. The van der Waals surface area contributed by atoms with E-state index < -0.39 is 0 Å². The summed E-state index contributed by atoms with van der Waals surface area (Å²) < 4.78 is 12.8. The van der Waals surface area contributed by atoms with E-state index in [4.69, 9.17) is 9.47 Å². The molecule has 1 aromatic heterocycles. The number of hydrogen-bond acceptors (Lipinski definition) is 6. The fraction of sp³-hybridized carbons (Fsp3) is 0.458. The number of thiazole rings is 1. The van der Waals surface area contributed by atoms with E-state index in [-0.39, 0.29) is 0 Å². The Balaban J connectivity index is 1.41. The van der Waals surface area contributed by atoms with Crippen molar-refractivity contribution < 1.29 is 9.47 Å². The molecule has 1 atom stereocenters. The van der Waals surface area contributed by atoms with Crippen molar-refractivity contribution in [2.75, 3.05) is 40.3 Å². The maximum Gasteiger partial charge on any atom is 0.279 e. The van der Waals surface area contributed by atoms with Crippen molar-refractivity contribution >= 4 is 21.6 Å². The van der Waals surface area contributed by atoms with Crippen LogP contribution in [0.25, 0.3) is 10.2 Å². The summed E-state index contributed by atoms with van der Waals surface area (Å²) in [6.45, 7) is 6.99. The van der Waals surface area contributed by atoms with Crippen LogP contribution in [0.1, 0.15) is 25.3 Å². The number of rotatable bonds is 8. The molecule has 30 heavy (non-hydrogen) atoms. The number of ether oxygens (including phenoxy) is 2. The van der Waals surface area contributed by atoms with Crippen LogP contribution in [-0.2, 0) is 6.42 Å². The monoisotopic (exact) mass is 425 g/mol. The molecule has 0 spiro atoms. The molecular weight excluding hydrogens is 394 g/mol. The minimum absolute atomic E-state index is 0.642. The molecule has 0 amide bonds. The summed E-state index contributed by atoms with van der Waals surface area (Å²) in [5.41, 5.74) is 2.25. The van der Waals surface area contributed by atoms with Gasteiger partial charge < -0.3 is 14.4 Å². The Morgan fingerprint density at radius 2 is 1.87 bits per heavy atom. The first kappa shape index (κ1) is 21.1. The summed E-state index contributed by atoms with van der Waals surface area (Å²) in [6.07, 6.45) is 3.41. The normalized spacial score (nSPS) is 16.6. The minimum atomic E-state index is 0.642. The second-order valence-corrected chi connectivity index (χ2v) is 8.97. The van der Waals surface area contributed by atoms with Crippen molar-refractivity contribution in [1.82, 2.24) is 14.8 Å². The molecule has 1 aliphatic rings. The lowest BCUT2D eigenvalue weighted by molar-refractivity contribution is 0.104. The zero-order valence-electron chi connectivity index (χ0n) is 18.1. The maximum absolute atomic E-state index is 6.06. The molecule has 0 bridgehead atoms. The molecule has 6 heteroatoms. The van der Waals surface area contributed by atoms with Crippen LogP contribution >= 0.6 is 11.3 Å². The van der Waals surface area contributed by atoms with Gasteiger partial charge in [0.15, 0.2) is 11.5 Å². The molecule has 4 rings (SSSR count). The summed E-state index contributed by atoms with van der Waals surface area (Å²) in [4.78, 5) is 9.63. The van der Waals surface area contributed by atoms with Gasteiger partial charge in [0.1, 0.15) is 0 Å². The van der Waals surface area contributed by atoms with Gasteiger partial charge in [-0.1, -0.05) is 36.5 Å². The van der Waals surface area contributed by atoms with Crippen LogP contribution in [0.2, 0.25) is 0 Å². The molecule has 1 unspecified atom stereocenters. The van der Waals surface area contributed by atoms with E-state index in [1.54, 1.807) is 18.4 Å². The minimum Gasteiger partial charge on any atom is -0.493 e. The molecule has 0 saturated carbocycles. The first-order valence-electron chi connectivity index (χ1n) is 10.8. The van der Waals surface area contributed by atoms with Crippen molar-refractivity contribution in [2.24, 2.45) is 0 Å². The van der Waals surface area contributed by atoms with E-state index in [1.807, 2.05) is 24.3 Å². The van der Waals surface area contributed by atoms with Gasteiger partial charge >= 0.3 is 0 Å². The van der Waals surface area contributed by atoms with Gasteiger partial charge in [-0.3, -0.25) is 4.90 Å². The quantitative estimate of drug-likeness (QED) is 0.505. The van der Waals surface area contributed by atoms with Crippen LogP contribution in [0.5, 0.6) is 16.7 Å². The number of piperazine rings is 1. The number of methoxy groups -OCH3 is 1. The van der Waals surface area contributed by atoms with E-state index in [1.165, 1.54) is 44.6 Å². The summed E-state index contributed by atoms with van der Waals surface area (Å²) in [7, 11) is 3.91. The van der Waals surface area contributed by atoms with Gasteiger partial charge in [-0.25, -0.2) is 4.98 Å². The highest BCUT2D eigenvalue weighted by Gasteiger charge is 2.21. The summed E-state index contributed by atoms with van der Waals surface area (Å²) in [5.74, 6) is 1.48. The Bertz CT molecular complexity index is 933. The predicted molar refractivity (Wildman–Crippen MR) is 124 cm³/mol. The first-order chi connectivity index (χ1) is 14.7. The lowest BCUT2D eigenvalue weighted by atomic mass is 10.0. The van der Waals surface area contributed by atoms with Crippen LogP contribution in [0.3, 0.4) is 0 Å². The third-order valence-corrected chi connectivity index (χ3v) is 6.91. The van der Waals surface area contributed by atoms with Crippen LogP contribution in [0, 0.1) is 0 Å². The maximum atomic E-state index is 6.06. The van der Waals surface area contributed by atoms with Gasteiger partial charge in [0, 0.05) is 32.2 Å². The van der Waals surface area contributed by atoms with Crippen molar-refractivity contribution in [3.63, 3.8) is 0 Å². The predicted octanol–water partition coefficient (Wildman–Crippen LogP) is 5.06.